The van der Waals surface area contributed by atoms with Crippen LogP contribution in [-0.2, 0) is 27.3 Å². The van der Waals surface area contributed by atoms with Crippen LogP contribution < -0.4 is 5.32 Å². The predicted molar refractivity (Wildman–Crippen MR) is 111 cm³/mol. The zero-order valence-corrected chi connectivity index (χ0v) is 17.1. The second-order valence-corrected chi connectivity index (χ2v) is 7.22. The maximum absolute atomic E-state index is 12.6. The van der Waals surface area contributed by atoms with Crippen LogP contribution in [0.3, 0.4) is 0 Å². The molecule has 0 saturated heterocycles. The van der Waals surface area contributed by atoms with Crippen molar-refractivity contribution < 1.29 is 24.0 Å². The number of hydrogen-bond donors (Lipinski definition) is 1. The molecule has 0 radical (unpaired) electrons. The molecule has 0 saturated carbocycles. The minimum Gasteiger partial charge on any atom is -0.452 e. The quantitative estimate of drug-likeness (QED) is 0.413. The molecule has 2 aromatic carbocycles. The molecule has 31 heavy (non-hydrogen) atoms. The van der Waals surface area contributed by atoms with E-state index in [1.807, 2.05) is 24.3 Å². The highest BCUT2D eigenvalue weighted by Gasteiger charge is 2.26. The molecule has 1 N–H and O–H groups in total. The van der Waals surface area contributed by atoms with Crippen LogP contribution >= 0.6 is 0 Å². The molecule has 1 aliphatic heterocycles. The van der Waals surface area contributed by atoms with Crippen LogP contribution in [0.5, 0.6) is 0 Å². The lowest BCUT2D eigenvalue weighted by atomic mass is 9.99. The summed E-state index contributed by atoms with van der Waals surface area (Å²) in [6.45, 7) is 2.62. The van der Waals surface area contributed by atoms with E-state index in [1.54, 1.807) is 4.90 Å². The van der Waals surface area contributed by atoms with Crippen LogP contribution in [0, 0.1) is 10.1 Å². The molecule has 2 aromatic rings. The molecule has 1 aliphatic rings. The van der Waals surface area contributed by atoms with Gasteiger partial charge in [0.2, 0.25) is 0 Å². The van der Waals surface area contributed by atoms with Gasteiger partial charge in [-0.3, -0.25) is 24.5 Å². The zero-order valence-electron chi connectivity index (χ0n) is 17.1. The molecule has 9 nitrogen and oxygen atoms in total. The second kappa shape index (κ2) is 9.84. The van der Waals surface area contributed by atoms with E-state index in [-0.39, 0.29) is 30.1 Å². The summed E-state index contributed by atoms with van der Waals surface area (Å²) < 4.78 is 5.23. The third-order valence-corrected chi connectivity index (χ3v) is 5.05. The van der Waals surface area contributed by atoms with Crippen molar-refractivity contribution in [2.45, 2.75) is 32.4 Å². The van der Waals surface area contributed by atoms with E-state index in [0.717, 1.165) is 12.0 Å². The van der Waals surface area contributed by atoms with Gasteiger partial charge in [-0.1, -0.05) is 24.3 Å². The number of amides is 2. The maximum atomic E-state index is 12.6. The summed E-state index contributed by atoms with van der Waals surface area (Å²) in [4.78, 5) is 48.5. The lowest BCUT2D eigenvalue weighted by Crippen LogP contribution is -2.42. The molecule has 0 fully saturated rings. The smallest absolute Gasteiger partial charge is 0.308 e. The Bertz CT molecular complexity index is 989. The molecule has 1 heterocycles. The SMILES string of the molecule is CC(OC(=O)CCNC(=O)c1ccc([N+](=O)[O-])cc1)C(=O)N1CCc2ccccc2C1. The van der Waals surface area contributed by atoms with Crippen molar-refractivity contribution in [2.75, 3.05) is 13.1 Å². The zero-order chi connectivity index (χ0) is 22.4. The first kappa shape index (κ1) is 21.9. The minimum atomic E-state index is -0.914. The first-order valence-corrected chi connectivity index (χ1v) is 9.93. The van der Waals surface area contributed by atoms with Crippen molar-refractivity contribution in [1.29, 1.82) is 0 Å². The highest BCUT2D eigenvalue weighted by molar-refractivity contribution is 5.94. The molecule has 1 unspecified atom stereocenters. The fourth-order valence-corrected chi connectivity index (χ4v) is 3.36. The lowest BCUT2D eigenvalue weighted by Gasteiger charge is -2.30. The van der Waals surface area contributed by atoms with Gasteiger partial charge in [0.1, 0.15) is 0 Å². The Balaban J connectivity index is 1.42. The van der Waals surface area contributed by atoms with Crippen molar-refractivity contribution in [3.05, 3.63) is 75.3 Å². The molecule has 0 aromatic heterocycles. The number of ether oxygens (including phenoxy) is 1. The van der Waals surface area contributed by atoms with Gasteiger partial charge >= 0.3 is 5.97 Å². The second-order valence-electron chi connectivity index (χ2n) is 7.22. The fraction of sp³-hybridized carbons (Fsp3) is 0.318. The summed E-state index contributed by atoms with van der Waals surface area (Å²) in [5.74, 6) is -1.31. The number of nitro benzene ring substituents is 1. The minimum absolute atomic E-state index is 0.0205. The Morgan fingerprint density at radius 2 is 1.81 bits per heavy atom. The molecule has 0 aliphatic carbocycles. The molecular weight excluding hydrogens is 402 g/mol. The number of nitrogens with zero attached hydrogens (tertiary/aromatic N) is 2. The molecule has 2 amide bonds. The third kappa shape index (κ3) is 5.65. The summed E-state index contributed by atoms with van der Waals surface area (Å²) in [6.07, 6.45) is -0.251. The van der Waals surface area contributed by atoms with Crippen molar-refractivity contribution in [1.82, 2.24) is 10.2 Å². The maximum Gasteiger partial charge on any atom is 0.308 e. The first-order chi connectivity index (χ1) is 14.8. The van der Waals surface area contributed by atoms with E-state index >= 15 is 0 Å². The van der Waals surface area contributed by atoms with Gasteiger partial charge in [0, 0.05) is 37.3 Å². The molecule has 3 rings (SSSR count). The number of carbonyl (C=O) groups is 3. The van der Waals surface area contributed by atoms with Gasteiger partial charge in [-0.2, -0.15) is 0 Å². The summed E-state index contributed by atoms with van der Waals surface area (Å²) in [5, 5.41) is 13.2. The number of nitro groups is 1. The van der Waals surface area contributed by atoms with Crippen molar-refractivity contribution >= 4 is 23.5 Å². The summed E-state index contributed by atoms with van der Waals surface area (Å²) in [7, 11) is 0. The third-order valence-electron chi connectivity index (χ3n) is 5.05. The highest BCUT2D eigenvalue weighted by atomic mass is 16.6. The number of fused-ring (bicyclic) bond motifs is 1. The average molecular weight is 425 g/mol. The van der Waals surface area contributed by atoms with Gasteiger partial charge < -0.3 is 15.0 Å². The van der Waals surface area contributed by atoms with Crippen molar-refractivity contribution in [3.63, 3.8) is 0 Å². The number of benzene rings is 2. The highest BCUT2D eigenvalue weighted by Crippen LogP contribution is 2.19. The topological polar surface area (TPSA) is 119 Å². The average Bonchev–Trinajstić information content (AvgIpc) is 2.78. The van der Waals surface area contributed by atoms with Crippen molar-refractivity contribution in [2.24, 2.45) is 0 Å². The van der Waals surface area contributed by atoms with Crippen molar-refractivity contribution in [3.8, 4) is 0 Å². The number of carbonyl (C=O) groups excluding carboxylic acids is 3. The van der Waals surface area contributed by atoms with E-state index in [4.69, 9.17) is 4.74 Å². The molecular formula is C22H23N3O6. The monoisotopic (exact) mass is 425 g/mol. The first-order valence-electron chi connectivity index (χ1n) is 9.93. The van der Waals surface area contributed by atoms with Crippen LogP contribution in [0.15, 0.2) is 48.5 Å². The summed E-state index contributed by atoms with van der Waals surface area (Å²) in [6, 6.07) is 13.1. The van der Waals surface area contributed by atoms with Gasteiger partial charge in [0.05, 0.1) is 11.3 Å². The number of esters is 1. The van der Waals surface area contributed by atoms with Gasteiger partial charge in [-0.05, 0) is 36.6 Å². The Kier molecular flexibility index (Phi) is 6.96. The fourth-order valence-electron chi connectivity index (χ4n) is 3.36. The van der Waals surface area contributed by atoms with Crippen LogP contribution in [-0.4, -0.2) is 46.8 Å². The Hall–Kier alpha value is -3.75. The number of non-ortho nitro benzene ring substituents is 1. The van der Waals surface area contributed by atoms with E-state index in [2.05, 4.69) is 5.32 Å². The molecule has 0 spiro atoms. The Morgan fingerprint density at radius 1 is 1.13 bits per heavy atom. The van der Waals surface area contributed by atoms with E-state index < -0.39 is 22.9 Å². The van der Waals surface area contributed by atoms with E-state index in [0.29, 0.717) is 13.1 Å². The number of nitrogens with one attached hydrogen (secondary N) is 1. The van der Waals surface area contributed by atoms with Gasteiger partial charge in [-0.25, -0.2) is 0 Å². The van der Waals surface area contributed by atoms with Crippen LogP contribution in [0.4, 0.5) is 5.69 Å². The molecule has 1 atom stereocenters. The summed E-state index contributed by atoms with van der Waals surface area (Å²) in [5.41, 5.74) is 2.44. The Labute approximate surface area is 179 Å². The predicted octanol–water partition coefficient (Wildman–Crippen LogP) is 2.23. The van der Waals surface area contributed by atoms with E-state index in [9.17, 15) is 24.5 Å². The van der Waals surface area contributed by atoms with Crippen LogP contribution in [0.25, 0.3) is 0 Å². The molecule has 9 heteroatoms. The largest absolute Gasteiger partial charge is 0.452 e. The normalized spacial score (nSPS) is 13.6. The lowest BCUT2D eigenvalue weighted by molar-refractivity contribution is -0.384. The summed E-state index contributed by atoms with van der Waals surface area (Å²) >= 11 is 0. The Morgan fingerprint density at radius 3 is 2.48 bits per heavy atom. The molecule has 0 bridgehead atoms. The van der Waals surface area contributed by atoms with Crippen LogP contribution in [0.1, 0.15) is 34.8 Å². The van der Waals surface area contributed by atoms with Crippen LogP contribution in [0.2, 0.25) is 0 Å². The van der Waals surface area contributed by atoms with Gasteiger partial charge in [-0.15, -0.1) is 0 Å². The standard InChI is InChI=1S/C22H23N3O6/c1-15(22(28)24-13-11-16-4-2-3-5-18(16)14-24)31-20(26)10-12-23-21(27)17-6-8-19(9-7-17)25(29)30/h2-9,15H,10-14H2,1H3,(H,23,27). The van der Waals surface area contributed by atoms with Gasteiger partial charge in [0.25, 0.3) is 17.5 Å². The van der Waals surface area contributed by atoms with Gasteiger partial charge in [0.15, 0.2) is 6.10 Å². The number of hydrogen-bond acceptors (Lipinski definition) is 6. The number of rotatable bonds is 7. The van der Waals surface area contributed by atoms with E-state index in [1.165, 1.54) is 36.8 Å². The molecule has 162 valence electrons.